The molecule has 0 bridgehead atoms. The first-order valence-corrected chi connectivity index (χ1v) is 6.14. The van der Waals surface area contributed by atoms with Crippen molar-refractivity contribution in [2.24, 2.45) is 5.11 Å². The number of azide groups is 1. The van der Waals surface area contributed by atoms with Gasteiger partial charge in [0.1, 0.15) is 0 Å². The number of amides is 1. The number of H-pyrrole nitrogens is 1. The standard InChI is InChI=1S/C13H15N5O/c14-18-17-7-3-6-15-13(19)8-10-9-16-12-5-2-1-4-11(10)12/h1-2,4-5,9,16H,3,6-8H2,(H,15,19). The van der Waals surface area contributed by atoms with Crippen LogP contribution < -0.4 is 5.32 Å². The van der Waals surface area contributed by atoms with E-state index in [1.165, 1.54) is 0 Å². The molecular weight excluding hydrogens is 242 g/mol. The van der Waals surface area contributed by atoms with E-state index in [0.29, 0.717) is 25.9 Å². The van der Waals surface area contributed by atoms with Gasteiger partial charge in [-0.1, -0.05) is 23.3 Å². The number of fused-ring (bicyclic) bond motifs is 1. The Bertz CT molecular complexity index is 612. The van der Waals surface area contributed by atoms with Gasteiger partial charge in [0.05, 0.1) is 6.42 Å². The summed E-state index contributed by atoms with van der Waals surface area (Å²) in [5, 5.41) is 7.29. The first-order valence-electron chi connectivity index (χ1n) is 6.14. The maximum Gasteiger partial charge on any atom is 0.224 e. The molecule has 0 aliphatic rings. The van der Waals surface area contributed by atoms with E-state index in [-0.39, 0.29) is 5.91 Å². The van der Waals surface area contributed by atoms with E-state index >= 15 is 0 Å². The zero-order valence-electron chi connectivity index (χ0n) is 10.5. The average Bonchev–Trinajstić information content (AvgIpc) is 2.82. The van der Waals surface area contributed by atoms with Gasteiger partial charge in [-0.05, 0) is 23.6 Å². The summed E-state index contributed by atoms with van der Waals surface area (Å²) < 4.78 is 0. The normalized spacial score (nSPS) is 10.1. The minimum Gasteiger partial charge on any atom is -0.361 e. The molecule has 0 saturated heterocycles. The van der Waals surface area contributed by atoms with Crippen LogP contribution in [0.25, 0.3) is 21.3 Å². The van der Waals surface area contributed by atoms with Crippen molar-refractivity contribution in [1.29, 1.82) is 0 Å². The molecule has 0 spiro atoms. The monoisotopic (exact) mass is 257 g/mol. The number of hydrogen-bond acceptors (Lipinski definition) is 2. The Balaban J connectivity index is 1.87. The first kappa shape index (κ1) is 13.0. The lowest BCUT2D eigenvalue weighted by Crippen LogP contribution is -2.26. The number of carbonyl (C=O) groups is 1. The fraction of sp³-hybridized carbons (Fsp3) is 0.308. The summed E-state index contributed by atoms with van der Waals surface area (Å²) in [6.45, 7) is 0.935. The van der Waals surface area contributed by atoms with Gasteiger partial charge in [-0.15, -0.1) is 0 Å². The van der Waals surface area contributed by atoms with Crippen LogP contribution in [0.3, 0.4) is 0 Å². The Labute approximate surface area is 110 Å². The van der Waals surface area contributed by atoms with Crippen molar-refractivity contribution in [3.63, 3.8) is 0 Å². The minimum atomic E-state index is -0.0225. The van der Waals surface area contributed by atoms with Gasteiger partial charge in [0.15, 0.2) is 0 Å². The van der Waals surface area contributed by atoms with E-state index in [0.717, 1.165) is 16.5 Å². The molecule has 1 aromatic carbocycles. The molecule has 0 aliphatic carbocycles. The molecule has 1 amide bonds. The Morgan fingerprint density at radius 3 is 3.11 bits per heavy atom. The first-order chi connectivity index (χ1) is 9.31. The molecule has 6 heteroatoms. The summed E-state index contributed by atoms with van der Waals surface area (Å²) in [4.78, 5) is 17.6. The molecule has 2 N–H and O–H groups in total. The van der Waals surface area contributed by atoms with E-state index in [2.05, 4.69) is 20.3 Å². The molecule has 0 saturated carbocycles. The third-order valence-electron chi connectivity index (χ3n) is 2.85. The number of carbonyl (C=O) groups excluding carboxylic acids is 1. The SMILES string of the molecule is [N-]=[N+]=NCCCNC(=O)Cc1c[nH]c2ccccc12. The number of nitrogens with one attached hydrogen (secondary N) is 2. The summed E-state index contributed by atoms with van der Waals surface area (Å²) in [5.41, 5.74) is 10.1. The molecule has 0 fully saturated rings. The Hall–Kier alpha value is -2.46. The predicted molar refractivity (Wildman–Crippen MR) is 73.6 cm³/mol. The minimum absolute atomic E-state index is 0.0225. The van der Waals surface area contributed by atoms with Crippen molar-refractivity contribution in [1.82, 2.24) is 10.3 Å². The van der Waals surface area contributed by atoms with Crippen molar-refractivity contribution in [3.8, 4) is 0 Å². The molecule has 19 heavy (non-hydrogen) atoms. The number of nitrogens with zero attached hydrogens (tertiary/aromatic N) is 3. The van der Waals surface area contributed by atoms with Crippen LogP contribution in [0.5, 0.6) is 0 Å². The molecule has 98 valence electrons. The highest BCUT2D eigenvalue weighted by Gasteiger charge is 2.07. The Morgan fingerprint density at radius 1 is 1.42 bits per heavy atom. The summed E-state index contributed by atoms with van der Waals surface area (Å²) in [5.74, 6) is -0.0225. The van der Waals surface area contributed by atoms with E-state index < -0.39 is 0 Å². The number of aromatic amines is 1. The predicted octanol–water partition coefficient (Wildman–Crippen LogP) is 2.53. The summed E-state index contributed by atoms with van der Waals surface area (Å²) in [6.07, 6.45) is 2.87. The molecule has 2 rings (SSSR count). The smallest absolute Gasteiger partial charge is 0.224 e. The lowest BCUT2D eigenvalue weighted by Gasteiger charge is -2.03. The highest BCUT2D eigenvalue weighted by molar-refractivity contribution is 5.88. The van der Waals surface area contributed by atoms with Crippen LogP contribution in [0.1, 0.15) is 12.0 Å². The quantitative estimate of drug-likeness (QED) is 0.354. The molecule has 6 nitrogen and oxygen atoms in total. The summed E-state index contributed by atoms with van der Waals surface area (Å²) >= 11 is 0. The van der Waals surface area contributed by atoms with Crippen molar-refractivity contribution in [2.45, 2.75) is 12.8 Å². The average molecular weight is 257 g/mol. The number of para-hydroxylation sites is 1. The second kappa shape index (κ2) is 6.47. The van der Waals surface area contributed by atoms with Crippen molar-refractivity contribution >= 4 is 16.8 Å². The second-order valence-corrected chi connectivity index (χ2v) is 4.19. The molecule has 0 aliphatic heterocycles. The molecule has 0 unspecified atom stereocenters. The largest absolute Gasteiger partial charge is 0.361 e. The van der Waals surface area contributed by atoms with Gasteiger partial charge < -0.3 is 10.3 Å². The van der Waals surface area contributed by atoms with Gasteiger partial charge in [-0.25, -0.2) is 0 Å². The topological polar surface area (TPSA) is 93.7 Å². The summed E-state index contributed by atoms with van der Waals surface area (Å²) in [7, 11) is 0. The van der Waals surface area contributed by atoms with Gasteiger partial charge in [-0.3, -0.25) is 4.79 Å². The van der Waals surface area contributed by atoms with Crippen LogP contribution in [0, 0.1) is 0 Å². The van der Waals surface area contributed by atoms with Crippen LogP contribution in [0.4, 0.5) is 0 Å². The van der Waals surface area contributed by atoms with Crippen molar-refractivity contribution in [3.05, 3.63) is 46.5 Å². The van der Waals surface area contributed by atoms with Crippen LogP contribution in [-0.4, -0.2) is 24.0 Å². The highest BCUT2D eigenvalue weighted by Crippen LogP contribution is 2.17. The lowest BCUT2D eigenvalue weighted by atomic mass is 10.1. The molecule has 1 heterocycles. The van der Waals surface area contributed by atoms with Gasteiger partial charge in [0, 0.05) is 35.1 Å². The van der Waals surface area contributed by atoms with Crippen LogP contribution in [0.2, 0.25) is 0 Å². The van der Waals surface area contributed by atoms with Gasteiger partial charge in [0.25, 0.3) is 0 Å². The zero-order valence-corrected chi connectivity index (χ0v) is 10.5. The third kappa shape index (κ3) is 3.50. The lowest BCUT2D eigenvalue weighted by molar-refractivity contribution is -0.120. The van der Waals surface area contributed by atoms with Crippen LogP contribution >= 0.6 is 0 Å². The Kier molecular flexibility index (Phi) is 4.42. The highest BCUT2D eigenvalue weighted by atomic mass is 16.1. The fourth-order valence-corrected chi connectivity index (χ4v) is 1.94. The van der Waals surface area contributed by atoms with Crippen LogP contribution in [0.15, 0.2) is 35.6 Å². The Morgan fingerprint density at radius 2 is 2.26 bits per heavy atom. The van der Waals surface area contributed by atoms with E-state index in [1.807, 2.05) is 30.5 Å². The molecular formula is C13H15N5O. The number of hydrogen-bond donors (Lipinski definition) is 2. The van der Waals surface area contributed by atoms with Crippen molar-refractivity contribution < 1.29 is 4.79 Å². The maximum absolute atomic E-state index is 11.8. The summed E-state index contributed by atoms with van der Waals surface area (Å²) in [6, 6.07) is 7.89. The molecule has 0 radical (unpaired) electrons. The number of benzene rings is 1. The molecule has 0 atom stereocenters. The van der Waals surface area contributed by atoms with Gasteiger partial charge in [0.2, 0.25) is 5.91 Å². The fourth-order valence-electron chi connectivity index (χ4n) is 1.94. The van der Waals surface area contributed by atoms with Crippen LogP contribution in [-0.2, 0) is 11.2 Å². The number of aromatic nitrogens is 1. The zero-order chi connectivity index (χ0) is 13.5. The second-order valence-electron chi connectivity index (χ2n) is 4.19. The van der Waals surface area contributed by atoms with E-state index in [4.69, 9.17) is 5.53 Å². The van der Waals surface area contributed by atoms with E-state index in [9.17, 15) is 4.79 Å². The van der Waals surface area contributed by atoms with Crippen molar-refractivity contribution in [2.75, 3.05) is 13.1 Å². The third-order valence-corrected chi connectivity index (χ3v) is 2.85. The maximum atomic E-state index is 11.8. The van der Waals surface area contributed by atoms with E-state index in [1.54, 1.807) is 0 Å². The molecule has 1 aromatic heterocycles. The van der Waals surface area contributed by atoms with Gasteiger partial charge >= 0.3 is 0 Å². The molecule has 2 aromatic rings. The van der Waals surface area contributed by atoms with Gasteiger partial charge in [-0.2, -0.15) is 0 Å². The number of rotatable bonds is 6.